The van der Waals surface area contributed by atoms with E-state index in [0.717, 1.165) is 5.92 Å². The van der Waals surface area contributed by atoms with Crippen LogP contribution in [0.1, 0.15) is 37.3 Å². The van der Waals surface area contributed by atoms with Crippen LogP contribution in [0.2, 0.25) is 0 Å². The molecule has 1 aliphatic rings. The van der Waals surface area contributed by atoms with Crippen molar-refractivity contribution in [3.05, 3.63) is 29.3 Å². The summed E-state index contributed by atoms with van der Waals surface area (Å²) in [6, 6.07) is 6.70. The first-order valence-electron chi connectivity index (χ1n) is 6.75. The predicted octanol–water partition coefficient (Wildman–Crippen LogP) is 3.08. The smallest absolute Gasteiger partial charge is 0.0369 e. The zero-order valence-corrected chi connectivity index (χ0v) is 11.1. The molecule has 17 heavy (non-hydrogen) atoms. The molecule has 1 aliphatic heterocycles. The molecular formula is C15H24N2. The Morgan fingerprint density at radius 1 is 1.29 bits per heavy atom. The van der Waals surface area contributed by atoms with Gasteiger partial charge in [-0.2, -0.15) is 0 Å². The average Bonchev–Trinajstić information content (AvgIpc) is 2.54. The highest BCUT2D eigenvalue weighted by molar-refractivity contribution is 5.51. The third kappa shape index (κ3) is 3.01. The quantitative estimate of drug-likeness (QED) is 0.849. The molecule has 0 aliphatic carbocycles. The second-order valence-electron chi connectivity index (χ2n) is 5.34. The largest absolute Gasteiger partial charge is 0.372 e. The Balaban J connectivity index is 2.13. The maximum atomic E-state index is 5.71. The molecule has 0 saturated carbocycles. The molecule has 2 nitrogen and oxygen atoms in total. The number of nitrogens with zero attached hydrogens (tertiary/aromatic N) is 1. The molecule has 1 heterocycles. The van der Waals surface area contributed by atoms with E-state index >= 15 is 0 Å². The summed E-state index contributed by atoms with van der Waals surface area (Å²) in [4.78, 5) is 2.52. The molecule has 94 valence electrons. The van der Waals surface area contributed by atoms with E-state index in [2.05, 4.69) is 36.9 Å². The summed E-state index contributed by atoms with van der Waals surface area (Å²) in [5, 5.41) is 0. The van der Waals surface area contributed by atoms with E-state index in [1.165, 1.54) is 49.2 Å². The fourth-order valence-electron chi connectivity index (χ4n) is 2.63. The molecule has 0 bridgehead atoms. The maximum absolute atomic E-state index is 5.71. The van der Waals surface area contributed by atoms with Crippen LogP contribution in [0.3, 0.4) is 0 Å². The summed E-state index contributed by atoms with van der Waals surface area (Å²) in [5.74, 6) is 0.879. The molecule has 0 aromatic heterocycles. The van der Waals surface area contributed by atoms with Gasteiger partial charge in [-0.3, -0.25) is 0 Å². The van der Waals surface area contributed by atoms with Gasteiger partial charge in [0.25, 0.3) is 0 Å². The van der Waals surface area contributed by atoms with Crippen molar-refractivity contribution in [2.45, 2.75) is 39.7 Å². The van der Waals surface area contributed by atoms with Gasteiger partial charge in [0.1, 0.15) is 0 Å². The van der Waals surface area contributed by atoms with Crippen molar-refractivity contribution in [1.82, 2.24) is 0 Å². The first kappa shape index (κ1) is 12.4. The lowest BCUT2D eigenvalue weighted by Gasteiger charge is -2.23. The van der Waals surface area contributed by atoms with Crippen LogP contribution in [0.15, 0.2) is 18.2 Å². The Morgan fingerprint density at radius 2 is 2.12 bits per heavy atom. The Hall–Kier alpha value is -1.02. The first-order chi connectivity index (χ1) is 8.20. The minimum absolute atomic E-state index is 0.642. The Kier molecular flexibility index (Phi) is 4.06. The minimum atomic E-state index is 0.642. The molecule has 1 unspecified atom stereocenters. The van der Waals surface area contributed by atoms with Gasteiger partial charge in [-0.25, -0.2) is 0 Å². The number of anilines is 1. The fraction of sp³-hybridized carbons (Fsp3) is 0.600. The van der Waals surface area contributed by atoms with Crippen molar-refractivity contribution in [2.24, 2.45) is 11.7 Å². The van der Waals surface area contributed by atoms with Crippen molar-refractivity contribution in [3.8, 4) is 0 Å². The van der Waals surface area contributed by atoms with Gasteiger partial charge in [0, 0.05) is 25.3 Å². The number of nitrogens with two attached hydrogens (primary N) is 1. The van der Waals surface area contributed by atoms with E-state index in [0.29, 0.717) is 6.54 Å². The topological polar surface area (TPSA) is 29.3 Å². The summed E-state index contributed by atoms with van der Waals surface area (Å²) in [7, 11) is 0. The second-order valence-corrected chi connectivity index (χ2v) is 5.34. The van der Waals surface area contributed by atoms with Crippen LogP contribution in [-0.4, -0.2) is 13.1 Å². The van der Waals surface area contributed by atoms with Gasteiger partial charge in [0.15, 0.2) is 0 Å². The zero-order valence-electron chi connectivity index (χ0n) is 11.1. The normalized spacial score (nSPS) is 21.4. The SMILES string of the molecule is Cc1cc(N2CCCC(C)CC2)ccc1CN. The molecule has 2 heteroatoms. The number of benzene rings is 1. The summed E-state index contributed by atoms with van der Waals surface area (Å²) in [6.45, 7) is 7.57. The van der Waals surface area contributed by atoms with Crippen LogP contribution >= 0.6 is 0 Å². The van der Waals surface area contributed by atoms with Crippen LogP contribution < -0.4 is 10.6 Å². The number of rotatable bonds is 2. The van der Waals surface area contributed by atoms with E-state index < -0.39 is 0 Å². The zero-order chi connectivity index (χ0) is 12.3. The standard InChI is InChI=1S/C15H24N2/c1-12-4-3-8-17(9-7-12)15-6-5-14(11-16)13(2)10-15/h5-6,10,12H,3-4,7-9,11,16H2,1-2H3. The lowest BCUT2D eigenvalue weighted by molar-refractivity contribution is 0.521. The third-order valence-corrected chi connectivity index (χ3v) is 3.93. The van der Waals surface area contributed by atoms with Gasteiger partial charge in [-0.05, 0) is 55.4 Å². The summed E-state index contributed by atoms with van der Waals surface area (Å²) in [5.41, 5.74) is 9.66. The van der Waals surface area contributed by atoms with E-state index in [1.54, 1.807) is 0 Å². The third-order valence-electron chi connectivity index (χ3n) is 3.93. The molecule has 0 amide bonds. The molecule has 0 spiro atoms. The van der Waals surface area contributed by atoms with Crippen molar-refractivity contribution < 1.29 is 0 Å². The molecule has 0 radical (unpaired) electrons. The van der Waals surface area contributed by atoms with E-state index in [4.69, 9.17) is 5.73 Å². The Bertz CT molecular complexity index is 373. The lowest BCUT2D eigenvalue weighted by atomic mass is 10.0. The van der Waals surface area contributed by atoms with Gasteiger partial charge in [0.2, 0.25) is 0 Å². The number of hydrogen-bond donors (Lipinski definition) is 1. The van der Waals surface area contributed by atoms with Gasteiger partial charge in [-0.1, -0.05) is 13.0 Å². The second kappa shape index (κ2) is 5.54. The van der Waals surface area contributed by atoms with E-state index in [9.17, 15) is 0 Å². The Morgan fingerprint density at radius 3 is 2.82 bits per heavy atom. The van der Waals surface area contributed by atoms with Crippen molar-refractivity contribution in [3.63, 3.8) is 0 Å². The van der Waals surface area contributed by atoms with Crippen molar-refractivity contribution in [1.29, 1.82) is 0 Å². The van der Waals surface area contributed by atoms with Gasteiger partial charge >= 0.3 is 0 Å². The van der Waals surface area contributed by atoms with Crippen molar-refractivity contribution >= 4 is 5.69 Å². The van der Waals surface area contributed by atoms with Crippen LogP contribution in [0.5, 0.6) is 0 Å². The molecule has 1 aromatic rings. The van der Waals surface area contributed by atoms with E-state index in [1.807, 2.05) is 0 Å². The molecule has 1 atom stereocenters. The summed E-state index contributed by atoms with van der Waals surface area (Å²) >= 11 is 0. The van der Waals surface area contributed by atoms with Gasteiger partial charge in [0.05, 0.1) is 0 Å². The van der Waals surface area contributed by atoms with E-state index in [-0.39, 0.29) is 0 Å². The first-order valence-corrected chi connectivity index (χ1v) is 6.75. The Labute approximate surface area is 105 Å². The highest BCUT2D eigenvalue weighted by atomic mass is 15.1. The van der Waals surface area contributed by atoms with Crippen LogP contribution in [0.25, 0.3) is 0 Å². The highest BCUT2D eigenvalue weighted by Gasteiger charge is 2.14. The van der Waals surface area contributed by atoms with Crippen LogP contribution in [0.4, 0.5) is 5.69 Å². The molecular weight excluding hydrogens is 208 g/mol. The minimum Gasteiger partial charge on any atom is -0.372 e. The van der Waals surface area contributed by atoms with Crippen LogP contribution in [0, 0.1) is 12.8 Å². The fourth-order valence-corrected chi connectivity index (χ4v) is 2.63. The van der Waals surface area contributed by atoms with Gasteiger partial charge < -0.3 is 10.6 Å². The lowest BCUT2D eigenvalue weighted by Crippen LogP contribution is -2.24. The number of hydrogen-bond acceptors (Lipinski definition) is 2. The average molecular weight is 232 g/mol. The molecule has 1 saturated heterocycles. The van der Waals surface area contributed by atoms with Gasteiger partial charge in [-0.15, -0.1) is 0 Å². The molecule has 2 rings (SSSR count). The molecule has 1 fully saturated rings. The monoisotopic (exact) mass is 232 g/mol. The predicted molar refractivity (Wildman–Crippen MR) is 74.3 cm³/mol. The summed E-state index contributed by atoms with van der Waals surface area (Å²) < 4.78 is 0. The number of aryl methyl sites for hydroxylation is 1. The molecule has 1 aromatic carbocycles. The van der Waals surface area contributed by atoms with Crippen LogP contribution in [-0.2, 0) is 6.54 Å². The molecule has 2 N–H and O–H groups in total. The maximum Gasteiger partial charge on any atom is 0.0369 e. The highest BCUT2D eigenvalue weighted by Crippen LogP contribution is 2.24. The summed E-state index contributed by atoms with van der Waals surface area (Å²) in [6.07, 6.45) is 4.01. The van der Waals surface area contributed by atoms with Crippen molar-refractivity contribution in [2.75, 3.05) is 18.0 Å².